The molecule has 0 atom stereocenters. The average Bonchev–Trinajstić information content (AvgIpc) is 3.27. The van der Waals surface area contributed by atoms with E-state index < -0.39 is 0 Å². The number of fused-ring (bicyclic) bond motifs is 5. The monoisotopic (exact) mass is 467 g/mol. The molecule has 6 rings (SSSR count). The van der Waals surface area contributed by atoms with Crippen molar-refractivity contribution in [2.45, 2.75) is 30.7 Å². The lowest BCUT2D eigenvalue weighted by atomic mass is 9.87. The summed E-state index contributed by atoms with van der Waals surface area (Å²) >= 11 is 3.14. The third-order valence-corrected chi connectivity index (χ3v) is 8.37. The molecule has 2 aromatic carbocycles. The zero-order valence-electron chi connectivity index (χ0n) is 18.0. The minimum atomic E-state index is 0.107. The van der Waals surface area contributed by atoms with Gasteiger partial charge in [-0.3, -0.25) is 4.79 Å². The first kappa shape index (κ1) is 20.5. The van der Waals surface area contributed by atoms with Crippen molar-refractivity contribution < 1.29 is 4.79 Å². The highest BCUT2D eigenvalue weighted by atomic mass is 32.2. The lowest BCUT2D eigenvalue weighted by Crippen LogP contribution is -2.07. The number of hydrogen-bond acceptors (Lipinski definition) is 6. The number of aryl methyl sites for hydroxylation is 1. The second kappa shape index (κ2) is 8.69. The molecule has 0 saturated carbocycles. The summed E-state index contributed by atoms with van der Waals surface area (Å²) in [5.41, 5.74) is 6.74. The number of carbonyl (C=O) groups is 1. The van der Waals surface area contributed by atoms with Crippen molar-refractivity contribution in [2.75, 3.05) is 5.75 Å². The molecular formula is C27H21N3OS2. The van der Waals surface area contributed by atoms with Crippen molar-refractivity contribution in [2.24, 2.45) is 0 Å². The van der Waals surface area contributed by atoms with Crippen molar-refractivity contribution in [3.05, 3.63) is 83.7 Å². The van der Waals surface area contributed by atoms with E-state index in [0.717, 1.165) is 44.2 Å². The van der Waals surface area contributed by atoms with Crippen LogP contribution in [0.3, 0.4) is 0 Å². The summed E-state index contributed by atoms with van der Waals surface area (Å²) < 4.78 is 1.03. The number of pyridine rings is 1. The predicted octanol–water partition coefficient (Wildman–Crippen LogP) is 6.76. The number of benzene rings is 2. The van der Waals surface area contributed by atoms with Gasteiger partial charge in [0.25, 0.3) is 0 Å². The Balaban J connectivity index is 1.46. The Morgan fingerprint density at radius 3 is 2.42 bits per heavy atom. The molecule has 0 N–H and O–H groups in total. The molecule has 0 amide bonds. The summed E-state index contributed by atoms with van der Waals surface area (Å²) in [5, 5.41) is 2.04. The molecule has 33 heavy (non-hydrogen) atoms. The van der Waals surface area contributed by atoms with Gasteiger partial charge < -0.3 is 0 Å². The standard InChI is InChI=1S/C27H21N3OS2/c31-21(17-9-3-1-4-10-17)15-32-27-25-24(28-16-29-27)22-19-13-7-8-14-20(19)23(30-26(22)33-25)18-11-5-2-6-12-18/h1-6,9-12,16H,7-8,13-15H2. The SMILES string of the molecule is O=C(CSc1ncnc2c1sc1nc(-c3ccccc3)c3c(c12)CCCC3)c1ccccc1. The van der Waals surface area contributed by atoms with Crippen LogP contribution in [0.4, 0.5) is 0 Å². The number of thiophene rings is 1. The zero-order chi connectivity index (χ0) is 22.2. The highest BCUT2D eigenvalue weighted by Crippen LogP contribution is 2.43. The Labute approximate surface area is 200 Å². The molecule has 0 bridgehead atoms. The van der Waals surface area contributed by atoms with Gasteiger partial charge in [-0.25, -0.2) is 15.0 Å². The van der Waals surface area contributed by atoms with Gasteiger partial charge in [0.1, 0.15) is 16.2 Å². The first-order valence-electron chi connectivity index (χ1n) is 11.1. The Morgan fingerprint density at radius 2 is 1.64 bits per heavy atom. The third-order valence-electron chi connectivity index (χ3n) is 6.17. The second-order valence-corrected chi connectivity index (χ2v) is 10.2. The van der Waals surface area contributed by atoms with Gasteiger partial charge >= 0.3 is 0 Å². The van der Waals surface area contributed by atoms with E-state index in [1.54, 1.807) is 17.7 Å². The van der Waals surface area contributed by atoms with E-state index in [9.17, 15) is 4.79 Å². The summed E-state index contributed by atoms with van der Waals surface area (Å²) in [6.45, 7) is 0. The van der Waals surface area contributed by atoms with Crippen molar-refractivity contribution in [1.29, 1.82) is 0 Å². The van der Waals surface area contributed by atoms with Crippen LogP contribution in [0.25, 0.3) is 31.7 Å². The smallest absolute Gasteiger partial charge is 0.173 e. The molecule has 0 saturated heterocycles. The van der Waals surface area contributed by atoms with Crippen molar-refractivity contribution >= 4 is 49.3 Å². The lowest BCUT2D eigenvalue weighted by molar-refractivity contribution is 0.102. The number of carbonyl (C=O) groups excluding carboxylic acids is 1. The molecule has 3 aromatic heterocycles. The van der Waals surface area contributed by atoms with Crippen LogP contribution in [0.5, 0.6) is 0 Å². The molecule has 5 aromatic rings. The third kappa shape index (κ3) is 3.73. The van der Waals surface area contributed by atoms with E-state index in [2.05, 4.69) is 34.2 Å². The fourth-order valence-corrected chi connectivity index (χ4v) is 6.75. The predicted molar refractivity (Wildman–Crippen MR) is 136 cm³/mol. The van der Waals surface area contributed by atoms with Crippen LogP contribution in [-0.4, -0.2) is 26.5 Å². The zero-order valence-corrected chi connectivity index (χ0v) is 19.6. The van der Waals surface area contributed by atoms with E-state index in [-0.39, 0.29) is 5.78 Å². The normalized spacial score (nSPS) is 13.3. The summed E-state index contributed by atoms with van der Waals surface area (Å²) in [6.07, 6.45) is 6.12. The van der Waals surface area contributed by atoms with Gasteiger partial charge in [0, 0.05) is 16.5 Å². The summed E-state index contributed by atoms with van der Waals surface area (Å²) in [7, 11) is 0. The first-order chi connectivity index (χ1) is 16.3. The van der Waals surface area contributed by atoms with Gasteiger partial charge in [0.2, 0.25) is 0 Å². The Kier molecular flexibility index (Phi) is 5.40. The number of rotatable bonds is 5. The van der Waals surface area contributed by atoms with E-state index in [1.165, 1.54) is 46.7 Å². The van der Waals surface area contributed by atoms with Gasteiger partial charge in [-0.2, -0.15) is 0 Å². The summed E-state index contributed by atoms with van der Waals surface area (Å²) in [4.78, 5) is 28.0. The number of aromatic nitrogens is 3. The minimum Gasteiger partial charge on any atom is -0.293 e. The lowest BCUT2D eigenvalue weighted by Gasteiger charge is -2.20. The van der Waals surface area contributed by atoms with Gasteiger partial charge in [0.15, 0.2) is 5.78 Å². The molecule has 3 heterocycles. The van der Waals surface area contributed by atoms with E-state index in [4.69, 9.17) is 4.98 Å². The number of Topliss-reactive ketones (excluding diaryl/α,β-unsaturated/α-hetero) is 1. The minimum absolute atomic E-state index is 0.107. The number of hydrogen-bond donors (Lipinski definition) is 0. The Hall–Kier alpha value is -3.09. The van der Waals surface area contributed by atoms with E-state index >= 15 is 0 Å². The van der Waals surface area contributed by atoms with Gasteiger partial charge in [-0.1, -0.05) is 72.4 Å². The molecule has 4 nitrogen and oxygen atoms in total. The molecular weight excluding hydrogens is 446 g/mol. The van der Waals surface area contributed by atoms with E-state index in [1.807, 2.05) is 36.4 Å². The van der Waals surface area contributed by atoms with Crippen molar-refractivity contribution in [3.8, 4) is 11.3 Å². The maximum atomic E-state index is 12.6. The molecule has 6 heteroatoms. The van der Waals surface area contributed by atoms with Crippen LogP contribution in [0.15, 0.2) is 72.0 Å². The molecule has 0 unspecified atom stereocenters. The average molecular weight is 468 g/mol. The molecule has 162 valence electrons. The van der Waals surface area contributed by atoms with E-state index in [0.29, 0.717) is 5.75 Å². The molecule has 0 fully saturated rings. The van der Waals surface area contributed by atoms with Crippen molar-refractivity contribution in [3.63, 3.8) is 0 Å². The highest BCUT2D eigenvalue weighted by molar-refractivity contribution is 8.00. The Bertz CT molecular complexity index is 1480. The van der Waals surface area contributed by atoms with Crippen LogP contribution in [0, 0.1) is 0 Å². The quantitative estimate of drug-likeness (QED) is 0.162. The molecule has 1 aliphatic carbocycles. The van der Waals surface area contributed by atoms with Crippen LogP contribution in [0.2, 0.25) is 0 Å². The second-order valence-electron chi connectivity index (χ2n) is 8.21. The fourth-order valence-electron chi connectivity index (χ4n) is 4.62. The number of ketones is 1. The number of thioether (sulfide) groups is 1. The van der Waals surface area contributed by atoms with Crippen LogP contribution in [0.1, 0.15) is 34.3 Å². The van der Waals surface area contributed by atoms with Gasteiger partial charge in [-0.05, 0) is 36.8 Å². The van der Waals surface area contributed by atoms with Crippen LogP contribution < -0.4 is 0 Å². The topological polar surface area (TPSA) is 55.7 Å². The molecule has 0 aliphatic heterocycles. The fraction of sp³-hybridized carbons (Fsp3) is 0.185. The highest BCUT2D eigenvalue weighted by Gasteiger charge is 2.24. The maximum absolute atomic E-state index is 12.6. The number of nitrogens with zero attached hydrogens (tertiary/aromatic N) is 3. The molecule has 0 spiro atoms. The first-order valence-corrected chi connectivity index (χ1v) is 13.0. The molecule has 0 radical (unpaired) electrons. The summed E-state index contributed by atoms with van der Waals surface area (Å²) in [6, 6.07) is 19.9. The largest absolute Gasteiger partial charge is 0.293 e. The summed E-state index contributed by atoms with van der Waals surface area (Å²) in [5.74, 6) is 0.459. The maximum Gasteiger partial charge on any atom is 0.173 e. The van der Waals surface area contributed by atoms with Crippen molar-refractivity contribution in [1.82, 2.24) is 15.0 Å². The Morgan fingerprint density at radius 1 is 0.909 bits per heavy atom. The van der Waals surface area contributed by atoms with Gasteiger partial charge in [-0.15, -0.1) is 11.3 Å². The van der Waals surface area contributed by atoms with Crippen LogP contribution >= 0.6 is 23.1 Å². The van der Waals surface area contributed by atoms with Crippen LogP contribution in [-0.2, 0) is 12.8 Å². The van der Waals surface area contributed by atoms with Gasteiger partial charge in [0.05, 0.1) is 21.7 Å². The molecule has 1 aliphatic rings.